The minimum absolute atomic E-state index is 0.211. The van der Waals surface area contributed by atoms with Crippen molar-refractivity contribution in [2.45, 2.75) is 13.0 Å². The maximum atomic E-state index is 11.8. The van der Waals surface area contributed by atoms with E-state index in [4.69, 9.17) is 9.47 Å². The quantitative estimate of drug-likeness (QED) is 0.734. The lowest BCUT2D eigenvalue weighted by atomic mass is 10.1. The number of rotatable bonds is 7. The van der Waals surface area contributed by atoms with Crippen molar-refractivity contribution in [1.29, 1.82) is 0 Å². The number of aromatic nitrogens is 1. The van der Waals surface area contributed by atoms with Crippen molar-refractivity contribution in [3.8, 4) is 11.5 Å². The highest BCUT2D eigenvalue weighted by molar-refractivity contribution is 6.35. The zero-order valence-corrected chi connectivity index (χ0v) is 14.2. The molecule has 2 aromatic rings. The van der Waals surface area contributed by atoms with Crippen LogP contribution in [0.25, 0.3) is 0 Å². The number of ether oxygens (including phenoxy) is 2. The number of nitrogens with zero attached hydrogens (tertiary/aromatic N) is 1. The Labute approximate surface area is 146 Å². The van der Waals surface area contributed by atoms with Gasteiger partial charge in [-0.3, -0.25) is 14.6 Å². The van der Waals surface area contributed by atoms with Gasteiger partial charge in [0.2, 0.25) is 0 Å². The lowest BCUT2D eigenvalue weighted by Gasteiger charge is -2.10. The van der Waals surface area contributed by atoms with Crippen molar-refractivity contribution in [3.63, 3.8) is 0 Å². The van der Waals surface area contributed by atoms with Crippen molar-refractivity contribution in [3.05, 3.63) is 53.9 Å². The summed E-state index contributed by atoms with van der Waals surface area (Å²) in [6.45, 7) is 0.550. The molecule has 2 amide bonds. The zero-order valence-electron chi connectivity index (χ0n) is 14.2. The molecule has 0 unspecified atom stereocenters. The number of hydrogen-bond donors (Lipinski definition) is 2. The van der Waals surface area contributed by atoms with E-state index in [2.05, 4.69) is 15.6 Å². The molecular weight excluding hydrogens is 322 g/mol. The molecule has 132 valence electrons. The molecule has 0 bridgehead atoms. The maximum Gasteiger partial charge on any atom is 0.309 e. The lowest BCUT2D eigenvalue weighted by molar-refractivity contribution is -0.139. The Hall–Kier alpha value is -3.09. The summed E-state index contributed by atoms with van der Waals surface area (Å²) >= 11 is 0. The molecule has 1 aromatic carbocycles. The molecule has 0 aliphatic carbocycles. The summed E-state index contributed by atoms with van der Waals surface area (Å²) in [5.41, 5.74) is 1.65. The Morgan fingerprint density at radius 3 is 2.44 bits per heavy atom. The summed E-state index contributed by atoms with van der Waals surface area (Å²) < 4.78 is 10.4. The minimum atomic E-state index is -0.682. The monoisotopic (exact) mass is 343 g/mol. The fraction of sp³-hybridized carbons (Fsp3) is 0.278. The molecule has 2 N–H and O–H groups in total. The van der Waals surface area contributed by atoms with Gasteiger partial charge in [-0.25, -0.2) is 0 Å². The van der Waals surface area contributed by atoms with Crippen molar-refractivity contribution < 1.29 is 19.1 Å². The van der Waals surface area contributed by atoms with Crippen LogP contribution in [0.15, 0.2) is 42.6 Å². The molecule has 0 fully saturated rings. The van der Waals surface area contributed by atoms with Gasteiger partial charge in [-0.05, 0) is 36.2 Å². The summed E-state index contributed by atoms with van der Waals surface area (Å²) in [6.07, 6.45) is 2.20. The number of carbonyl (C=O) groups excluding carboxylic acids is 2. The standard InChI is InChI=1S/C18H21N3O4/c1-24-15-7-6-13(11-16(15)25-2)8-10-20-17(22)18(23)21-12-14-5-3-4-9-19-14/h3-7,9,11H,8,10,12H2,1-2H3,(H,20,22)(H,21,23). The zero-order chi connectivity index (χ0) is 18.1. The third-order valence-electron chi connectivity index (χ3n) is 3.51. The Morgan fingerprint density at radius 1 is 1.00 bits per heavy atom. The van der Waals surface area contributed by atoms with Gasteiger partial charge in [0, 0.05) is 12.7 Å². The average molecular weight is 343 g/mol. The number of pyridine rings is 1. The van der Waals surface area contributed by atoms with E-state index in [1.54, 1.807) is 38.6 Å². The minimum Gasteiger partial charge on any atom is -0.493 e. The maximum absolute atomic E-state index is 11.8. The normalized spacial score (nSPS) is 10.0. The van der Waals surface area contributed by atoms with Crippen LogP contribution in [0.2, 0.25) is 0 Å². The summed E-state index contributed by atoms with van der Waals surface area (Å²) in [5, 5.41) is 5.12. The van der Waals surface area contributed by atoms with E-state index in [1.807, 2.05) is 18.2 Å². The fourth-order valence-electron chi connectivity index (χ4n) is 2.19. The van der Waals surface area contributed by atoms with Gasteiger partial charge < -0.3 is 20.1 Å². The predicted molar refractivity (Wildman–Crippen MR) is 92.3 cm³/mol. The fourth-order valence-corrected chi connectivity index (χ4v) is 2.19. The Morgan fingerprint density at radius 2 is 1.76 bits per heavy atom. The van der Waals surface area contributed by atoms with E-state index in [9.17, 15) is 9.59 Å². The Kier molecular flexibility index (Phi) is 6.76. The van der Waals surface area contributed by atoms with E-state index in [0.29, 0.717) is 30.2 Å². The van der Waals surface area contributed by atoms with Gasteiger partial charge in [0.15, 0.2) is 11.5 Å². The third-order valence-corrected chi connectivity index (χ3v) is 3.51. The summed E-state index contributed by atoms with van der Waals surface area (Å²) in [7, 11) is 3.14. The number of nitrogens with one attached hydrogen (secondary N) is 2. The molecule has 1 heterocycles. The molecule has 7 nitrogen and oxygen atoms in total. The van der Waals surface area contributed by atoms with Crippen molar-refractivity contribution in [1.82, 2.24) is 15.6 Å². The lowest BCUT2D eigenvalue weighted by Crippen LogP contribution is -2.40. The van der Waals surface area contributed by atoms with E-state index in [-0.39, 0.29) is 6.54 Å². The predicted octanol–water partition coefficient (Wildman–Crippen LogP) is 1.07. The van der Waals surface area contributed by atoms with Crippen molar-refractivity contribution in [2.24, 2.45) is 0 Å². The van der Waals surface area contributed by atoms with Gasteiger partial charge in [-0.15, -0.1) is 0 Å². The van der Waals surface area contributed by atoms with E-state index in [1.165, 1.54) is 0 Å². The first kappa shape index (κ1) is 18.3. The second-order valence-corrected chi connectivity index (χ2v) is 5.20. The molecule has 0 aliphatic rings. The third kappa shape index (κ3) is 5.49. The number of methoxy groups -OCH3 is 2. The topological polar surface area (TPSA) is 89.5 Å². The van der Waals surface area contributed by atoms with Crippen LogP contribution in [0.1, 0.15) is 11.3 Å². The van der Waals surface area contributed by atoms with Gasteiger partial charge in [-0.1, -0.05) is 12.1 Å². The first-order valence-electron chi connectivity index (χ1n) is 7.81. The Bertz CT molecular complexity index is 720. The molecule has 7 heteroatoms. The molecule has 0 atom stereocenters. The van der Waals surface area contributed by atoms with Crippen LogP contribution >= 0.6 is 0 Å². The number of amides is 2. The van der Waals surface area contributed by atoms with Crippen LogP contribution < -0.4 is 20.1 Å². The molecule has 2 rings (SSSR count). The summed E-state index contributed by atoms with van der Waals surface area (Å²) in [4.78, 5) is 27.6. The van der Waals surface area contributed by atoms with Gasteiger partial charge in [0.1, 0.15) is 0 Å². The molecule has 25 heavy (non-hydrogen) atoms. The van der Waals surface area contributed by atoms with Crippen LogP contribution in [0, 0.1) is 0 Å². The molecular formula is C18H21N3O4. The van der Waals surface area contributed by atoms with Crippen LogP contribution in [0.4, 0.5) is 0 Å². The highest BCUT2D eigenvalue weighted by Gasteiger charge is 2.12. The van der Waals surface area contributed by atoms with Gasteiger partial charge in [0.05, 0.1) is 26.5 Å². The van der Waals surface area contributed by atoms with Gasteiger partial charge in [0.25, 0.3) is 0 Å². The highest BCUT2D eigenvalue weighted by atomic mass is 16.5. The number of carbonyl (C=O) groups is 2. The average Bonchev–Trinajstić information content (AvgIpc) is 2.66. The van der Waals surface area contributed by atoms with Crippen LogP contribution in [-0.2, 0) is 22.6 Å². The van der Waals surface area contributed by atoms with Gasteiger partial charge in [-0.2, -0.15) is 0 Å². The van der Waals surface area contributed by atoms with E-state index in [0.717, 1.165) is 5.56 Å². The molecule has 0 radical (unpaired) electrons. The first-order chi connectivity index (χ1) is 12.1. The number of benzene rings is 1. The van der Waals surface area contributed by atoms with Crippen LogP contribution in [0.5, 0.6) is 11.5 Å². The molecule has 0 aliphatic heterocycles. The van der Waals surface area contributed by atoms with E-state index < -0.39 is 11.8 Å². The highest BCUT2D eigenvalue weighted by Crippen LogP contribution is 2.27. The molecule has 1 aromatic heterocycles. The van der Waals surface area contributed by atoms with Crippen LogP contribution in [0.3, 0.4) is 0 Å². The second-order valence-electron chi connectivity index (χ2n) is 5.20. The summed E-state index contributed by atoms with van der Waals surface area (Å²) in [6, 6.07) is 10.9. The molecule has 0 saturated carbocycles. The number of hydrogen-bond acceptors (Lipinski definition) is 5. The van der Waals surface area contributed by atoms with Crippen LogP contribution in [-0.4, -0.2) is 37.6 Å². The SMILES string of the molecule is COc1ccc(CCNC(=O)C(=O)NCc2ccccn2)cc1OC. The molecule has 0 spiro atoms. The molecule has 0 saturated heterocycles. The van der Waals surface area contributed by atoms with Gasteiger partial charge >= 0.3 is 11.8 Å². The Balaban J connectivity index is 1.77. The van der Waals surface area contributed by atoms with Crippen molar-refractivity contribution in [2.75, 3.05) is 20.8 Å². The second kappa shape index (κ2) is 9.27. The largest absolute Gasteiger partial charge is 0.493 e. The summed E-state index contributed by atoms with van der Waals surface area (Å²) in [5.74, 6) is -0.0852. The van der Waals surface area contributed by atoms with Crippen molar-refractivity contribution >= 4 is 11.8 Å². The van der Waals surface area contributed by atoms with E-state index >= 15 is 0 Å². The first-order valence-corrected chi connectivity index (χ1v) is 7.81. The smallest absolute Gasteiger partial charge is 0.309 e.